The van der Waals surface area contributed by atoms with Crippen LogP contribution in [0.15, 0.2) is 12.1 Å². The van der Waals surface area contributed by atoms with Crippen molar-refractivity contribution < 1.29 is 4.74 Å². The molecular formula is C15H24ClNO. The minimum absolute atomic E-state index is 0.421. The first-order valence-corrected chi connectivity index (χ1v) is 7.01. The lowest BCUT2D eigenvalue weighted by Crippen LogP contribution is -2.09. The molecule has 102 valence electrons. The van der Waals surface area contributed by atoms with Gasteiger partial charge < -0.3 is 10.1 Å². The van der Waals surface area contributed by atoms with Gasteiger partial charge in [-0.25, -0.2) is 0 Å². The molecule has 0 radical (unpaired) electrons. The van der Waals surface area contributed by atoms with Crippen LogP contribution in [0.2, 0.25) is 5.02 Å². The van der Waals surface area contributed by atoms with Gasteiger partial charge in [-0.3, -0.25) is 0 Å². The Morgan fingerprint density at radius 1 is 1.28 bits per heavy atom. The molecule has 0 fully saturated rings. The van der Waals surface area contributed by atoms with E-state index in [0.717, 1.165) is 47.9 Å². The number of ether oxygens (including phenoxy) is 1. The van der Waals surface area contributed by atoms with Crippen molar-refractivity contribution in [3.63, 3.8) is 0 Å². The predicted molar refractivity (Wildman–Crippen MR) is 78.9 cm³/mol. The Labute approximate surface area is 116 Å². The van der Waals surface area contributed by atoms with Crippen LogP contribution in [-0.2, 0) is 0 Å². The van der Waals surface area contributed by atoms with Gasteiger partial charge in [-0.15, -0.1) is 0 Å². The van der Waals surface area contributed by atoms with Gasteiger partial charge in [-0.05, 0) is 62.5 Å². The number of nitrogens with one attached hydrogen (secondary N) is 1. The molecule has 1 rings (SSSR count). The highest BCUT2D eigenvalue weighted by Gasteiger charge is 2.09. The third-order valence-corrected chi connectivity index (χ3v) is 3.32. The summed E-state index contributed by atoms with van der Waals surface area (Å²) in [5.74, 6) is 1.39. The van der Waals surface area contributed by atoms with Gasteiger partial charge in [0.15, 0.2) is 0 Å². The van der Waals surface area contributed by atoms with E-state index >= 15 is 0 Å². The van der Waals surface area contributed by atoms with Gasteiger partial charge in [0.1, 0.15) is 5.75 Å². The molecule has 1 aromatic carbocycles. The topological polar surface area (TPSA) is 21.3 Å². The smallest absolute Gasteiger partial charge is 0.122 e. The van der Waals surface area contributed by atoms with Crippen LogP contribution in [0.25, 0.3) is 0 Å². The molecule has 0 atom stereocenters. The molecule has 1 aromatic rings. The maximum absolute atomic E-state index is 6.24. The number of benzene rings is 1. The minimum atomic E-state index is 0.421. The van der Waals surface area contributed by atoms with E-state index in [-0.39, 0.29) is 0 Å². The highest BCUT2D eigenvalue weighted by molar-refractivity contribution is 6.31. The van der Waals surface area contributed by atoms with Crippen molar-refractivity contribution in [2.45, 2.75) is 39.5 Å². The second-order valence-corrected chi connectivity index (χ2v) is 5.36. The van der Waals surface area contributed by atoms with E-state index in [1.807, 2.05) is 20.0 Å². The average Bonchev–Trinajstić information content (AvgIpc) is 2.30. The van der Waals surface area contributed by atoms with E-state index in [1.54, 1.807) is 0 Å². The molecule has 2 nitrogen and oxygen atoms in total. The van der Waals surface area contributed by atoms with Gasteiger partial charge in [-0.2, -0.15) is 0 Å². The normalized spacial score (nSPS) is 11.0. The quantitative estimate of drug-likeness (QED) is 0.751. The Balaban J connectivity index is 2.62. The first-order chi connectivity index (χ1) is 8.56. The summed E-state index contributed by atoms with van der Waals surface area (Å²) in [5.41, 5.74) is 2.27. The molecule has 0 aliphatic rings. The average molecular weight is 270 g/mol. The van der Waals surface area contributed by atoms with Gasteiger partial charge >= 0.3 is 0 Å². The molecule has 0 unspecified atom stereocenters. The van der Waals surface area contributed by atoms with Crippen molar-refractivity contribution in [2.75, 3.05) is 20.2 Å². The van der Waals surface area contributed by atoms with Crippen molar-refractivity contribution in [1.29, 1.82) is 0 Å². The molecular weight excluding hydrogens is 246 g/mol. The Morgan fingerprint density at radius 3 is 2.61 bits per heavy atom. The molecule has 0 saturated carbocycles. The van der Waals surface area contributed by atoms with Crippen molar-refractivity contribution in [3.8, 4) is 5.75 Å². The van der Waals surface area contributed by atoms with Crippen molar-refractivity contribution in [1.82, 2.24) is 5.32 Å². The third-order valence-electron chi connectivity index (χ3n) is 2.99. The summed E-state index contributed by atoms with van der Waals surface area (Å²) in [7, 11) is 1.97. The second-order valence-electron chi connectivity index (χ2n) is 4.95. The number of rotatable bonds is 7. The maximum Gasteiger partial charge on any atom is 0.122 e. The van der Waals surface area contributed by atoms with Gasteiger partial charge in [0.2, 0.25) is 0 Å². The van der Waals surface area contributed by atoms with E-state index in [0.29, 0.717) is 5.92 Å². The first-order valence-electron chi connectivity index (χ1n) is 6.63. The summed E-state index contributed by atoms with van der Waals surface area (Å²) in [6, 6.07) is 4.08. The fourth-order valence-corrected chi connectivity index (χ4v) is 2.29. The number of hydrogen-bond donors (Lipinski definition) is 1. The molecule has 0 amide bonds. The fourth-order valence-electron chi connectivity index (χ4n) is 1.85. The van der Waals surface area contributed by atoms with Crippen LogP contribution in [0.3, 0.4) is 0 Å². The van der Waals surface area contributed by atoms with Crippen LogP contribution in [0.5, 0.6) is 5.75 Å². The Kier molecular flexibility index (Phi) is 6.51. The molecule has 0 saturated heterocycles. The second kappa shape index (κ2) is 7.65. The standard InChI is InChI=1S/C15H24ClNO/c1-11(2)13-10-15(12(3)9-14(13)16)18-8-6-5-7-17-4/h9-11,17H,5-8H2,1-4H3. The molecule has 0 aliphatic carbocycles. The van der Waals surface area contributed by atoms with E-state index < -0.39 is 0 Å². The van der Waals surface area contributed by atoms with Crippen LogP contribution in [0.1, 0.15) is 43.7 Å². The van der Waals surface area contributed by atoms with Gasteiger partial charge in [0, 0.05) is 5.02 Å². The van der Waals surface area contributed by atoms with Crippen LogP contribution in [-0.4, -0.2) is 20.2 Å². The summed E-state index contributed by atoms with van der Waals surface area (Å²) < 4.78 is 5.84. The minimum Gasteiger partial charge on any atom is -0.493 e. The number of halogens is 1. The van der Waals surface area contributed by atoms with Crippen LogP contribution in [0.4, 0.5) is 0 Å². The number of aryl methyl sites for hydroxylation is 1. The summed E-state index contributed by atoms with van der Waals surface area (Å²) in [5, 5.41) is 3.97. The lowest BCUT2D eigenvalue weighted by Gasteiger charge is -2.14. The number of hydrogen-bond acceptors (Lipinski definition) is 2. The monoisotopic (exact) mass is 269 g/mol. The molecule has 1 N–H and O–H groups in total. The van der Waals surface area contributed by atoms with E-state index in [9.17, 15) is 0 Å². The first kappa shape index (κ1) is 15.3. The molecule has 0 spiro atoms. The number of unbranched alkanes of at least 4 members (excludes halogenated alkanes) is 1. The lowest BCUT2D eigenvalue weighted by molar-refractivity contribution is 0.304. The van der Waals surface area contributed by atoms with Gasteiger partial charge in [-0.1, -0.05) is 25.4 Å². The van der Waals surface area contributed by atoms with Crippen molar-refractivity contribution in [2.24, 2.45) is 0 Å². The van der Waals surface area contributed by atoms with Gasteiger partial charge in [0.25, 0.3) is 0 Å². The highest BCUT2D eigenvalue weighted by atomic mass is 35.5. The predicted octanol–water partition coefficient (Wildman–Crippen LogP) is 4.15. The molecule has 0 aliphatic heterocycles. The zero-order valence-electron chi connectivity index (χ0n) is 11.8. The SMILES string of the molecule is CNCCCCOc1cc(C(C)C)c(Cl)cc1C. The highest BCUT2D eigenvalue weighted by Crippen LogP contribution is 2.31. The Hall–Kier alpha value is -0.730. The molecule has 3 heteroatoms. The van der Waals surface area contributed by atoms with E-state index in [2.05, 4.69) is 25.2 Å². The van der Waals surface area contributed by atoms with Gasteiger partial charge in [0.05, 0.1) is 6.61 Å². The zero-order chi connectivity index (χ0) is 13.5. The summed E-state index contributed by atoms with van der Waals surface area (Å²) in [6.45, 7) is 8.14. The maximum atomic E-state index is 6.24. The zero-order valence-corrected chi connectivity index (χ0v) is 12.6. The fraction of sp³-hybridized carbons (Fsp3) is 0.600. The third kappa shape index (κ3) is 4.51. The van der Waals surface area contributed by atoms with Crippen LogP contribution in [0, 0.1) is 6.92 Å². The van der Waals surface area contributed by atoms with E-state index in [4.69, 9.17) is 16.3 Å². The summed E-state index contributed by atoms with van der Waals surface area (Å²) in [6.07, 6.45) is 2.21. The Bertz CT molecular complexity index is 377. The van der Waals surface area contributed by atoms with Crippen molar-refractivity contribution >= 4 is 11.6 Å². The molecule has 0 heterocycles. The van der Waals surface area contributed by atoms with Crippen molar-refractivity contribution in [3.05, 3.63) is 28.3 Å². The van der Waals surface area contributed by atoms with Crippen LogP contribution >= 0.6 is 11.6 Å². The molecule has 0 bridgehead atoms. The summed E-state index contributed by atoms with van der Waals surface area (Å²) >= 11 is 6.24. The van der Waals surface area contributed by atoms with Crippen LogP contribution < -0.4 is 10.1 Å². The lowest BCUT2D eigenvalue weighted by atomic mass is 10.0. The molecule has 18 heavy (non-hydrogen) atoms. The van der Waals surface area contributed by atoms with E-state index in [1.165, 1.54) is 0 Å². The molecule has 0 aromatic heterocycles. The largest absolute Gasteiger partial charge is 0.493 e. The Morgan fingerprint density at radius 2 is 2.00 bits per heavy atom. The summed E-state index contributed by atoms with van der Waals surface area (Å²) in [4.78, 5) is 0.